The first kappa shape index (κ1) is 21.2. The third-order valence-electron chi connectivity index (χ3n) is 5.89. The first-order valence-electron chi connectivity index (χ1n) is 10.7. The number of carbonyl (C=O) groups is 1. The Balaban J connectivity index is 1.62. The highest BCUT2D eigenvalue weighted by Gasteiger charge is 2.20. The van der Waals surface area contributed by atoms with Gasteiger partial charge in [-0.2, -0.15) is 0 Å². The Morgan fingerprint density at radius 2 is 1.88 bits per heavy atom. The number of pyridine rings is 1. The smallest absolute Gasteiger partial charge is 0.336 e. The summed E-state index contributed by atoms with van der Waals surface area (Å²) in [5, 5.41) is 11.3. The van der Waals surface area contributed by atoms with Gasteiger partial charge in [-0.15, -0.1) is 0 Å². The van der Waals surface area contributed by atoms with Crippen LogP contribution in [-0.4, -0.2) is 25.6 Å². The van der Waals surface area contributed by atoms with Gasteiger partial charge in [0, 0.05) is 28.5 Å². The summed E-state index contributed by atoms with van der Waals surface area (Å²) < 4.78 is 7.99. The Bertz CT molecular complexity index is 1550. The molecule has 0 radical (unpaired) electrons. The number of hydrogen-bond donors (Lipinski definition) is 1. The number of furan rings is 1. The van der Waals surface area contributed by atoms with Crippen LogP contribution in [0.3, 0.4) is 0 Å². The molecule has 166 valence electrons. The predicted octanol–water partition coefficient (Wildman–Crippen LogP) is 6.42. The van der Waals surface area contributed by atoms with E-state index in [2.05, 4.69) is 18.4 Å². The van der Waals surface area contributed by atoms with E-state index < -0.39 is 5.97 Å². The lowest BCUT2D eigenvalue weighted by Crippen LogP contribution is -2.05. The lowest BCUT2D eigenvalue weighted by molar-refractivity contribution is 0.0697. The van der Waals surface area contributed by atoms with Crippen molar-refractivity contribution in [3.05, 3.63) is 82.0 Å². The van der Waals surface area contributed by atoms with Crippen LogP contribution in [0.25, 0.3) is 33.3 Å². The SMILES string of the molecule is CCc1nc2c(C)cc(C)nc2n1Cc1ccc2c(-c3ccccc3C(=O)O)oc(Cl)c2c1. The number of benzene rings is 2. The molecule has 2 aromatic carbocycles. The fourth-order valence-electron chi connectivity index (χ4n) is 4.38. The van der Waals surface area contributed by atoms with Gasteiger partial charge in [-0.05, 0) is 54.8 Å². The second kappa shape index (κ2) is 8.05. The Morgan fingerprint density at radius 1 is 1.09 bits per heavy atom. The molecule has 6 nitrogen and oxygen atoms in total. The molecule has 5 rings (SSSR count). The molecule has 0 spiro atoms. The summed E-state index contributed by atoms with van der Waals surface area (Å²) in [4.78, 5) is 21.3. The van der Waals surface area contributed by atoms with Crippen molar-refractivity contribution in [1.82, 2.24) is 14.5 Å². The maximum atomic E-state index is 11.7. The molecule has 5 aromatic rings. The van der Waals surface area contributed by atoms with E-state index >= 15 is 0 Å². The van der Waals surface area contributed by atoms with Crippen molar-refractivity contribution in [1.29, 1.82) is 0 Å². The molecule has 0 aliphatic heterocycles. The van der Waals surface area contributed by atoms with Crippen LogP contribution in [0.2, 0.25) is 5.22 Å². The summed E-state index contributed by atoms with van der Waals surface area (Å²) in [6, 6.07) is 14.7. The second-order valence-corrected chi connectivity index (χ2v) is 8.50. The lowest BCUT2D eigenvalue weighted by Gasteiger charge is -2.09. The molecule has 1 N–H and O–H groups in total. The number of carboxylic acid groups (broad SMARTS) is 1. The Kier molecular flexibility index (Phi) is 5.17. The van der Waals surface area contributed by atoms with Gasteiger partial charge in [0.15, 0.2) is 5.65 Å². The largest absolute Gasteiger partial charge is 0.478 e. The van der Waals surface area contributed by atoms with Gasteiger partial charge >= 0.3 is 5.97 Å². The summed E-state index contributed by atoms with van der Waals surface area (Å²) >= 11 is 6.46. The molecule has 0 bridgehead atoms. The van der Waals surface area contributed by atoms with Crippen molar-refractivity contribution >= 4 is 39.5 Å². The zero-order valence-corrected chi connectivity index (χ0v) is 19.3. The number of carboxylic acids is 1. The van der Waals surface area contributed by atoms with E-state index in [0.29, 0.717) is 17.9 Å². The first-order valence-corrected chi connectivity index (χ1v) is 11.1. The fourth-order valence-corrected chi connectivity index (χ4v) is 4.62. The lowest BCUT2D eigenvalue weighted by atomic mass is 10.0. The summed E-state index contributed by atoms with van der Waals surface area (Å²) in [6.07, 6.45) is 0.791. The quantitative estimate of drug-likeness (QED) is 0.328. The van der Waals surface area contributed by atoms with Crippen LogP contribution in [0.1, 0.15) is 39.9 Å². The number of nitrogens with zero attached hydrogens (tertiary/aromatic N) is 3. The minimum Gasteiger partial charge on any atom is -0.478 e. The molecule has 3 heterocycles. The van der Waals surface area contributed by atoms with Crippen LogP contribution in [0.4, 0.5) is 0 Å². The molecular formula is C26H22ClN3O3. The van der Waals surface area contributed by atoms with Crippen molar-refractivity contribution in [2.75, 3.05) is 0 Å². The minimum atomic E-state index is -1.01. The van der Waals surface area contributed by atoms with Crippen molar-refractivity contribution in [3.8, 4) is 11.3 Å². The van der Waals surface area contributed by atoms with E-state index in [9.17, 15) is 9.90 Å². The van der Waals surface area contributed by atoms with Gasteiger partial charge < -0.3 is 14.1 Å². The number of halogens is 1. The molecular weight excluding hydrogens is 438 g/mol. The van der Waals surface area contributed by atoms with E-state index in [1.165, 1.54) is 0 Å². The second-order valence-electron chi connectivity index (χ2n) is 8.16. The summed E-state index contributed by atoms with van der Waals surface area (Å²) in [7, 11) is 0. The van der Waals surface area contributed by atoms with E-state index in [1.54, 1.807) is 24.3 Å². The topological polar surface area (TPSA) is 81.2 Å². The van der Waals surface area contributed by atoms with Crippen molar-refractivity contribution in [2.24, 2.45) is 0 Å². The van der Waals surface area contributed by atoms with Crippen molar-refractivity contribution < 1.29 is 14.3 Å². The van der Waals surface area contributed by atoms with E-state index in [4.69, 9.17) is 26.0 Å². The highest BCUT2D eigenvalue weighted by molar-refractivity contribution is 6.34. The minimum absolute atomic E-state index is 0.170. The average molecular weight is 460 g/mol. The summed E-state index contributed by atoms with van der Waals surface area (Å²) in [5.41, 5.74) is 5.56. The highest BCUT2D eigenvalue weighted by atomic mass is 35.5. The maximum absolute atomic E-state index is 11.7. The fraction of sp³-hybridized carbons (Fsp3) is 0.192. The maximum Gasteiger partial charge on any atom is 0.336 e. The number of aromatic carboxylic acids is 1. The highest BCUT2D eigenvalue weighted by Crippen LogP contribution is 2.38. The number of fused-ring (bicyclic) bond motifs is 2. The average Bonchev–Trinajstić information content (AvgIpc) is 3.31. The van der Waals surface area contributed by atoms with Gasteiger partial charge in [-0.3, -0.25) is 0 Å². The van der Waals surface area contributed by atoms with Crippen molar-refractivity contribution in [3.63, 3.8) is 0 Å². The van der Waals surface area contributed by atoms with Crippen LogP contribution in [0.15, 0.2) is 52.9 Å². The molecule has 0 aliphatic carbocycles. The van der Waals surface area contributed by atoms with Gasteiger partial charge in [0.05, 0.1) is 12.1 Å². The van der Waals surface area contributed by atoms with E-state index in [0.717, 1.165) is 51.0 Å². The Hall–Kier alpha value is -3.64. The van der Waals surface area contributed by atoms with Gasteiger partial charge in [-0.25, -0.2) is 14.8 Å². The van der Waals surface area contributed by atoms with Crippen LogP contribution < -0.4 is 0 Å². The Morgan fingerprint density at radius 3 is 2.64 bits per heavy atom. The first-order chi connectivity index (χ1) is 15.9. The molecule has 33 heavy (non-hydrogen) atoms. The third kappa shape index (κ3) is 3.56. The van der Waals surface area contributed by atoms with Crippen LogP contribution in [0, 0.1) is 13.8 Å². The van der Waals surface area contributed by atoms with Gasteiger partial charge in [-0.1, -0.05) is 37.3 Å². The van der Waals surface area contributed by atoms with Crippen molar-refractivity contribution in [2.45, 2.75) is 33.7 Å². The molecule has 0 aliphatic rings. The molecule has 0 fully saturated rings. The number of rotatable bonds is 5. The summed E-state index contributed by atoms with van der Waals surface area (Å²) in [5.74, 6) is 0.413. The molecule has 0 atom stereocenters. The zero-order valence-electron chi connectivity index (χ0n) is 18.5. The monoisotopic (exact) mass is 459 g/mol. The number of hydrogen-bond acceptors (Lipinski definition) is 4. The molecule has 0 amide bonds. The number of imidazole rings is 1. The van der Waals surface area contributed by atoms with Crippen LogP contribution in [0.5, 0.6) is 0 Å². The third-order valence-corrected chi connectivity index (χ3v) is 6.17. The van der Waals surface area contributed by atoms with E-state index in [1.807, 2.05) is 31.2 Å². The Labute approximate surface area is 195 Å². The van der Waals surface area contributed by atoms with Gasteiger partial charge in [0.1, 0.15) is 17.1 Å². The molecule has 0 saturated heterocycles. The van der Waals surface area contributed by atoms with Gasteiger partial charge in [0.2, 0.25) is 5.22 Å². The molecule has 0 saturated carbocycles. The number of aryl methyl sites for hydroxylation is 3. The van der Waals surface area contributed by atoms with Gasteiger partial charge in [0.25, 0.3) is 0 Å². The molecule has 3 aromatic heterocycles. The normalized spacial score (nSPS) is 11.5. The summed E-state index contributed by atoms with van der Waals surface area (Å²) in [6.45, 7) is 6.72. The van der Waals surface area contributed by atoms with Crippen LogP contribution >= 0.6 is 11.6 Å². The standard InChI is InChI=1S/C26H22ClN3O3/c1-4-21-29-22-14(2)11-15(3)28-25(22)30(21)13-16-9-10-18-20(12-16)24(27)33-23(18)17-7-5-6-8-19(17)26(31)32/h5-12H,4,13H2,1-3H3,(H,31,32). The predicted molar refractivity (Wildman–Crippen MR) is 129 cm³/mol. The molecule has 0 unspecified atom stereocenters. The van der Waals surface area contributed by atoms with Crippen LogP contribution in [-0.2, 0) is 13.0 Å². The number of aromatic nitrogens is 3. The molecule has 7 heteroatoms. The van der Waals surface area contributed by atoms with E-state index in [-0.39, 0.29) is 10.8 Å². The zero-order chi connectivity index (χ0) is 23.3.